The molecule has 0 saturated heterocycles. The van der Waals surface area contributed by atoms with Crippen LogP contribution < -0.4 is 4.74 Å². The van der Waals surface area contributed by atoms with Gasteiger partial charge in [0.05, 0.1) is 5.60 Å². The zero-order chi connectivity index (χ0) is 18.3. The van der Waals surface area contributed by atoms with Crippen molar-refractivity contribution in [3.8, 4) is 11.5 Å². The smallest absolute Gasteiger partial charge is 0.197 e. The summed E-state index contributed by atoms with van der Waals surface area (Å²) in [5, 5.41) is 9.25. The topological polar surface area (TPSA) is 38.7 Å². The Morgan fingerprint density at radius 3 is 1.80 bits per heavy atom. The molecule has 0 aliphatic rings. The third kappa shape index (κ3) is 7.27. The highest BCUT2D eigenvalue weighted by Gasteiger charge is 2.15. The van der Waals surface area contributed by atoms with Gasteiger partial charge in [0, 0.05) is 0 Å². The van der Waals surface area contributed by atoms with Crippen LogP contribution in [0.15, 0.2) is 60.7 Å². The molecule has 1 unspecified atom stereocenters. The van der Waals surface area contributed by atoms with Crippen LogP contribution in [0.5, 0.6) is 11.5 Å². The Hall–Kier alpha value is -2.52. The average Bonchev–Trinajstić information content (AvgIpc) is 2.53. The van der Waals surface area contributed by atoms with Gasteiger partial charge in [-0.3, -0.25) is 0 Å². The van der Waals surface area contributed by atoms with E-state index in [9.17, 15) is 5.11 Å². The van der Waals surface area contributed by atoms with Crippen LogP contribution in [0.25, 0.3) is 12.2 Å². The Bertz CT molecular complexity index is 704. The van der Waals surface area contributed by atoms with Gasteiger partial charge in [-0.15, -0.1) is 0 Å². The first-order valence-electron chi connectivity index (χ1n) is 8.40. The number of ether oxygens (including phenoxy) is 2. The number of benzene rings is 2. The fourth-order valence-electron chi connectivity index (χ4n) is 2.29. The molecule has 0 saturated carbocycles. The number of allylic oxidation sites excluding steroid dienone is 2. The van der Waals surface area contributed by atoms with Crippen molar-refractivity contribution in [2.24, 2.45) is 0 Å². The molecule has 0 spiro atoms. The van der Waals surface area contributed by atoms with Crippen molar-refractivity contribution in [2.45, 2.75) is 39.6 Å². The average molecular weight is 338 g/mol. The van der Waals surface area contributed by atoms with Crippen molar-refractivity contribution >= 4 is 12.2 Å². The van der Waals surface area contributed by atoms with E-state index in [0.29, 0.717) is 0 Å². The van der Waals surface area contributed by atoms with E-state index in [0.717, 1.165) is 16.9 Å². The largest absolute Gasteiger partial charge is 0.508 e. The molecule has 2 rings (SSSR count). The molecule has 0 aliphatic heterocycles. The minimum absolute atomic E-state index is 0.230. The Kier molecular flexibility index (Phi) is 6.43. The maximum absolute atomic E-state index is 9.25. The van der Waals surface area contributed by atoms with Crippen LogP contribution in [-0.2, 0) is 4.74 Å². The van der Waals surface area contributed by atoms with E-state index in [-0.39, 0.29) is 17.6 Å². The van der Waals surface area contributed by atoms with Gasteiger partial charge < -0.3 is 14.6 Å². The Labute approximate surface area is 150 Å². The van der Waals surface area contributed by atoms with Gasteiger partial charge in [-0.05, 0) is 63.1 Å². The molecule has 2 aromatic carbocycles. The molecule has 0 aliphatic carbocycles. The fraction of sp³-hybridized carbons (Fsp3) is 0.273. The van der Waals surface area contributed by atoms with Gasteiger partial charge in [0.25, 0.3) is 0 Å². The first-order chi connectivity index (χ1) is 11.8. The fourth-order valence-corrected chi connectivity index (χ4v) is 2.29. The quantitative estimate of drug-likeness (QED) is 0.546. The molecule has 0 bridgehead atoms. The molecule has 0 amide bonds. The monoisotopic (exact) mass is 338 g/mol. The van der Waals surface area contributed by atoms with E-state index >= 15 is 0 Å². The van der Waals surface area contributed by atoms with Crippen molar-refractivity contribution in [1.82, 2.24) is 0 Å². The van der Waals surface area contributed by atoms with Crippen molar-refractivity contribution in [2.75, 3.05) is 0 Å². The zero-order valence-corrected chi connectivity index (χ0v) is 15.3. The molecule has 2 aromatic rings. The van der Waals surface area contributed by atoms with E-state index in [1.165, 1.54) is 0 Å². The highest BCUT2D eigenvalue weighted by atomic mass is 16.7. The highest BCUT2D eigenvalue weighted by molar-refractivity contribution is 5.57. The molecule has 0 aromatic heterocycles. The number of phenolic OH excluding ortho intramolecular Hbond substituents is 1. The number of rotatable bonds is 6. The highest BCUT2D eigenvalue weighted by Crippen LogP contribution is 2.18. The van der Waals surface area contributed by atoms with Crippen LogP contribution in [0.2, 0.25) is 0 Å². The molecular weight excluding hydrogens is 312 g/mol. The zero-order valence-electron chi connectivity index (χ0n) is 15.3. The van der Waals surface area contributed by atoms with Gasteiger partial charge in [-0.25, -0.2) is 0 Å². The summed E-state index contributed by atoms with van der Waals surface area (Å²) in [4.78, 5) is 0. The summed E-state index contributed by atoms with van der Waals surface area (Å²) in [6, 6.07) is 15.0. The number of aromatic hydroxyl groups is 1. The lowest BCUT2D eigenvalue weighted by Gasteiger charge is -2.25. The van der Waals surface area contributed by atoms with E-state index < -0.39 is 0 Å². The van der Waals surface area contributed by atoms with E-state index in [2.05, 4.69) is 0 Å². The lowest BCUT2D eigenvalue weighted by atomic mass is 10.2. The lowest BCUT2D eigenvalue weighted by Crippen LogP contribution is -2.29. The number of phenols is 1. The molecule has 0 fully saturated rings. The van der Waals surface area contributed by atoms with Crippen molar-refractivity contribution in [3.63, 3.8) is 0 Å². The standard InChI is InChI=1S/C22H26O3/c1-17(25-22(2,3)4)24-21-15-11-19(12-16-21)8-6-5-7-18-9-13-20(23)14-10-18/h5-17,23H,1-4H3. The predicted molar refractivity (Wildman–Crippen MR) is 104 cm³/mol. The SMILES string of the molecule is CC(Oc1ccc(C=CC=Cc2ccc(O)cc2)cc1)OC(C)(C)C. The van der Waals surface area contributed by atoms with E-state index in [4.69, 9.17) is 9.47 Å². The van der Waals surface area contributed by atoms with Gasteiger partial charge in [0.1, 0.15) is 11.5 Å². The van der Waals surface area contributed by atoms with Crippen LogP contribution >= 0.6 is 0 Å². The molecule has 1 N–H and O–H groups in total. The Morgan fingerprint density at radius 2 is 1.32 bits per heavy atom. The number of hydrogen-bond donors (Lipinski definition) is 1. The third-order valence-electron chi connectivity index (χ3n) is 3.28. The first kappa shape index (κ1) is 18.8. The summed E-state index contributed by atoms with van der Waals surface area (Å²) in [6.07, 6.45) is 7.66. The molecule has 25 heavy (non-hydrogen) atoms. The van der Waals surface area contributed by atoms with Gasteiger partial charge >= 0.3 is 0 Å². The second-order valence-electron chi connectivity index (χ2n) is 6.79. The molecule has 132 valence electrons. The molecule has 0 radical (unpaired) electrons. The van der Waals surface area contributed by atoms with E-state index in [1.807, 2.05) is 88.4 Å². The first-order valence-corrected chi connectivity index (χ1v) is 8.40. The summed E-state index contributed by atoms with van der Waals surface area (Å²) in [7, 11) is 0. The van der Waals surface area contributed by atoms with Crippen LogP contribution in [0, 0.1) is 0 Å². The van der Waals surface area contributed by atoms with Gasteiger partial charge in [-0.2, -0.15) is 0 Å². The maximum Gasteiger partial charge on any atom is 0.197 e. The van der Waals surface area contributed by atoms with Crippen molar-refractivity contribution < 1.29 is 14.6 Å². The summed E-state index contributed by atoms with van der Waals surface area (Å²) >= 11 is 0. The second kappa shape index (κ2) is 8.54. The summed E-state index contributed by atoms with van der Waals surface area (Å²) in [5.41, 5.74) is 1.90. The Morgan fingerprint density at radius 1 is 0.840 bits per heavy atom. The molecular formula is C22H26O3. The summed E-state index contributed by atoms with van der Waals surface area (Å²) < 4.78 is 11.5. The van der Waals surface area contributed by atoms with Crippen LogP contribution in [-0.4, -0.2) is 17.0 Å². The molecule has 3 heteroatoms. The maximum atomic E-state index is 9.25. The van der Waals surface area contributed by atoms with Crippen molar-refractivity contribution in [3.05, 3.63) is 71.8 Å². The van der Waals surface area contributed by atoms with Gasteiger partial charge in [0.2, 0.25) is 0 Å². The van der Waals surface area contributed by atoms with Crippen LogP contribution in [0.1, 0.15) is 38.8 Å². The van der Waals surface area contributed by atoms with Crippen molar-refractivity contribution in [1.29, 1.82) is 0 Å². The summed E-state index contributed by atoms with van der Waals surface area (Å²) in [5.74, 6) is 1.06. The van der Waals surface area contributed by atoms with Gasteiger partial charge in [0.15, 0.2) is 6.29 Å². The normalized spacial score (nSPS) is 13.4. The predicted octanol–water partition coefficient (Wildman–Crippen LogP) is 5.66. The molecule has 1 atom stereocenters. The number of hydrogen-bond acceptors (Lipinski definition) is 3. The summed E-state index contributed by atoms with van der Waals surface area (Å²) in [6.45, 7) is 7.92. The van der Waals surface area contributed by atoms with E-state index in [1.54, 1.807) is 12.1 Å². The Balaban J connectivity index is 1.88. The second-order valence-corrected chi connectivity index (χ2v) is 6.79. The van der Waals surface area contributed by atoms with Gasteiger partial charge in [-0.1, -0.05) is 48.6 Å². The van der Waals surface area contributed by atoms with Crippen LogP contribution in [0.4, 0.5) is 0 Å². The lowest BCUT2D eigenvalue weighted by molar-refractivity contribution is -0.140. The minimum Gasteiger partial charge on any atom is -0.508 e. The van der Waals surface area contributed by atoms with Crippen LogP contribution in [0.3, 0.4) is 0 Å². The molecule has 0 heterocycles. The minimum atomic E-state index is -0.297. The third-order valence-corrected chi connectivity index (χ3v) is 3.28. The molecule has 3 nitrogen and oxygen atoms in total.